The van der Waals surface area contributed by atoms with Gasteiger partial charge in [0.2, 0.25) is 0 Å². The van der Waals surface area contributed by atoms with Gasteiger partial charge in [0, 0.05) is 6.20 Å². The Morgan fingerprint density at radius 1 is 1.65 bits per heavy atom. The van der Waals surface area contributed by atoms with Crippen LogP contribution in [0.25, 0.3) is 5.65 Å². The molecule has 0 radical (unpaired) electrons. The van der Waals surface area contributed by atoms with Crippen LogP contribution in [0.2, 0.25) is 0 Å². The number of carboxylic acid groups (broad SMARTS) is 1. The van der Waals surface area contributed by atoms with Crippen molar-refractivity contribution in [1.29, 1.82) is 0 Å². The largest absolute Gasteiger partial charge is 0.465 e. The van der Waals surface area contributed by atoms with Crippen LogP contribution in [0, 0.1) is 6.92 Å². The van der Waals surface area contributed by atoms with E-state index in [1.54, 1.807) is 4.40 Å². The van der Waals surface area contributed by atoms with Crippen LogP contribution in [-0.2, 0) is 0 Å². The van der Waals surface area contributed by atoms with Gasteiger partial charge in [-0.1, -0.05) is 0 Å². The molecule has 0 atom stereocenters. The number of aromatic nitrogens is 2. The number of aryl methyl sites for hydroxylation is 1. The second-order valence-corrected chi connectivity index (χ2v) is 5.11. The number of anilines is 1. The summed E-state index contributed by atoms with van der Waals surface area (Å²) in [6, 6.07) is 1.94. The van der Waals surface area contributed by atoms with Crippen molar-refractivity contribution in [3.63, 3.8) is 0 Å². The summed E-state index contributed by atoms with van der Waals surface area (Å²) in [5, 5.41) is 11.9. The molecule has 2 aromatic rings. The zero-order chi connectivity index (χ0) is 12.6. The number of pyridine rings is 1. The van der Waals surface area contributed by atoms with Gasteiger partial charge in [0.25, 0.3) is 0 Å². The van der Waals surface area contributed by atoms with E-state index in [0.717, 1.165) is 10.0 Å². The highest BCUT2D eigenvalue weighted by atomic mass is 79.9. The molecule has 7 heteroatoms. The van der Waals surface area contributed by atoms with E-state index in [4.69, 9.17) is 5.11 Å². The van der Waals surface area contributed by atoms with E-state index in [1.165, 1.54) is 11.8 Å². The number of hydrogen-bond donors (Lipinski definition) is 2. The molecule has 90 valence electrons. The zero-order valence-corrected chi connectivity index (χ0v) is 11.6. The van der Waals surface area contributed by atoms with Gasteiger partial charge in [-0.2, -0.15) is 0 Å². The predicted octanol–water partition coefficient (Wildman–Crippen LogP) is 3.22. The summed E-state index contributed by atoms with van der Waals surface area (Å²) in [6.07, 6.45) is 2.60. The van der Waals surface area contributed by atoms with Crippen LogP contribution in [0.4, 0.5) is 10.6 Å². The first-order valence-corrected chi connectivity index (χ1v) is 6.77. The van der Waals surface area contributed by atoms with Gasteiger partial charge in [-0.15, -0.1) is 11.8 Å². The lowest BCUT2D eigenvalue weighted by Gasteiger charge is -2.04. The molecule has 0 bridgehead atoms. The van der Waals surface area contributed by atoms with Crippen molar-refractivity contribution in [2.75, 3.05) is 11.6 Å². The fourth-order valence-electron chi connectivity index (χ4n) is 1.57. The van der Waals surface area contributed by atoms with E-state index in [2.05, 4.69) is 26.2 Å². The first-order valence-electron chi connectivity index (χ1n) is 4.75. The van der Waals surface area contributed by atoms with Crippen LogP contribution in [0.15, 0.2) is 21.8 Å². The minimum Gasteiger partial charge on any atom is -0.465 e. The summed E-state index contributed by atoms with van der Waals surface area (Å²) in [7, 11) is 0. The number of carbonyl (C=O) groups is 1. The lowest BCUT2D eigenvalue weighted by atomic mass is 10.3. The van der Waals surface area contributed by atoms with Gasteiger partial charge in [-0.05, 0) is 40.7 Å². The zero-order valence-electron chi connectivity index (χ0n) is 9.19. The Labute approximate surface area is 110 Å². The molecule has 0 fully saturated rings. The molecule has 5 nitrogen and oxygen atoms in total. The number of imidazole rings is 1. The Bertz CT molecular complexity index is 597. The minimum absolute atomic E-state index is 0.476. The van der Waals surface area contributed by atoms with Gasteiger partial charge in [-0.25, -0.2) is 9.78 Å². The van der Waals surface area contributed by atoms with Crippen LogP contribution in [-0.4, -0.2) is 26.8 Å². The van der Waals surface area contributed by atoms with Crippen LogP contribution in [0.5, 0.6) is 0 Å². The van der Waals surface area contributed by atoms with Crippen molar-refractivity contribution in [2.45, 2.75) is 11.9 Å². The molecule has 0 aliphatic rings. The van der Waals surface area contributed by atoms with Crippen LogP contribution in [0.3, 0.4) is 0 Å². The highest BCUT2D eigenvalue weighted by molar-refractivity contribution is 9.10. The molecular formula is C10H10BrN3O2S. The highest BCUT2D eigenvalue weighted by Crippen LogP contribution is 2.30. The average molecular weight is 316 g/mol. The van der Waals surface area contributed by atoms with Gasteiger partial charge in [0.05, 0.1) is 4.47 Å². The second kappa shape index (κ2) is 4.58. The van der Waals surface area contributed by atoms with Gasteiger partial charge < -0.3 is 5.11 Å². The highest BCUT2D eigenvalue weighted by Gasteiger charge is 2.15. The van der Waals surface area contributed by atoms with E-state index < -0.39 is 6.09 Å². The fourth-order valence-corrected chi connectivity index (χ4v) is 2.73. The van der Waals surface area contributed by atoms with Crippen molar-refractivity contribution in [3.8, 4) is 0 Å². The van der Waals surface area contributed by atoms with Crippen molar-refractivity contribution >= 4 is 45.3 Å². The van der Waals surface area contributed by atoms with E-state index in [9.17, 15) is 4.79 Å². The molecule has 1 amide bonds. The van der Waals surface area contributed by atoms with E-state index in [-0.39, 0.29) is 0 Å². The summed E-state index contributed by atoms with van der Waals surface area (Å²) in [4.78, 5) is 15.2. The molecule has 0 aliphatic carbocycles. The third-order valence-electron chi connectivity index (χ3n) is 2.20. The maximum Gasteiger partial charge on any atom is 0.410 e. The second-order valence-electron chi connectivity index (χ2n) is 3.46. The van der Waals surface area contributed by atoms with E-state index in [0.29, 0.717) is 16.5 Å². The lowest BCUT2D eigenvalue weighted by molar-refractivity contribution is 0.209. The number of fused-ring (bicyclic) bond motifs is 1. The monoisotopic (exact) mass is 315 g/mol. The molecule has 2 heterocycles. The topological polar surface area (TPSA) is 66.6 Å². The summed E-state index contributed by atoms with van der Waals surface area (Å²) in [6.45, 7) is 1.94. The smallest absolute Gasteiger partial charge is 0.410 e. The van der Waals surface area contributed by atoms with Gasteiger partial charge in [0.15, 0.2) is 11.5 Å². The molecule has 0 aromatic carbocycles. The molecule has 2 rings (SSSR count). The number of nitrogens with zero attached hydrogens (tertiary/aromatic N) is 2. The van der Waals surface area contributed by atoms with Gasteiger partial charge in [0.1, 0.15) is 5.03 Å². The number of amides is 1. The first-order chi connectivity index (χ1) is 8.02. The molecule has 2 N–H and O–H groups in total. The summed E-state index contributed by atoms with van der Waals surface area (Å²) >= 11 is 4.82. The lowest BCUT2D eigenvalue weighted by Crippen LogP contribution is -2.10. The Hall–Kier alpha value is -1.21. The third kappa shape index (κ3) is 2.25. The Morgan fingerprint density at radius 2 is 2.35 bits per heavy atom. The number of hydrogen-bond acceptors (Lipinski definition) is 3. The van der Waals surface area contributed by atoms with Crippen molar-refractivity contribution in [1.82, 2.24) is 9.38 Å². The summed E-state index contributed by atoms with van der Waals surface area (Å²) in [5.74, 6) is 0.476. The fraction of sp³-hybridized carbons (Fsp3) is 0.200. The molecule has 0 spiro atoms. The Kier molecular flexibility index (Phi) is 3.30. The Morgan fingerprint density at radius 3 is 2.94 bits per heavy atom. The number of halogens is 1. The Balaban J connectivity index is 2.73. The normalized spacial score (nSPS) is 10.8. The van der Waals surface area contributed by atoms with E-state index >= 15 is 0 Å². The molecule has 17 heavy (non-hydrogen) atoms. The maximum absolute atomic E-state index is 10.8. The van der Waals surface area contributed by atoms with Crippen LogP contribution < -0.4 is 5.32 Å². The first kappa shape index (κ1) is 12.3. The van der Waals surface area contributed by atoms with Gasteiger partial charge >= 0.3 is 6.09 Å². The molecule has 0 saturated heterocycles. The minimum atomic E-state index is -1.10. The predicted molar refractivity (Wildman–Crippen MR) is 71.1 cm³/mol. The average Bonchev–Trinajstić information content (AvgIpc) is 2.56. The molecule has 2 aromatic heterocycles. The third-order valence-corrected chi connectivity index (χ3v) is 3.45. The van der Waals surface area contributed by atoms with Crippen LogP contribution >= 0.6 is 27.7 Å². The van der Waals surface area contributed by atoms with E-state index in [1.807, 2.05) is 25.4 Å². The van der Waals surface area contributed by atoms with Crippen molar-refractivity contribution < 1.29 is 9.90 Å². The number of rotatable bonds is 2. The van der Waals surface area contributed by atoms with Crippen LogP contribution in [0.1, 0.15) is 5.56 Å². The van der Waals surface area contributed by atoms with Crippen molar-refractivity contribution in [2.24, 2.45) is 0 Å². The quantitative estimate of drug-likeness (QED) is 0.835. The standard InChI is InChI=1S/C10H10BrN3O2S/c1-5-3-6(11)7-12-9(17-2)8(13-10(15)16)14(7)4-5/h3-4,13H,1-2H3,(H,15,16). The number of thioether (sulfide) groups is 1. The summed E-state index contributed by atoms with van der Waals surface area (Å²) in [5.41, 5.74) is 1.71. The molecule has 0 unspecified atom stereocenters. The summed E-state index contributed by atoms with van der Waals surface area (Å²) < 4.78 is 2.57. The number of nitrogens with one attached hydrogen (secondary N) is 1. The maximum atomic E-state index is 10.8. The van der Waals surface area contributed by atoms with Gasteiger partial charge in [-0.3, -0.25) is 9.72 Å². The molecule has 0 aliphatic heterocycles. The van der Waals surface area contributed by atoms with Crippen molar-refractivity contribution in [3.05, 3.63) is 22.3 Å². The SMILES string of the molecule is CSc1nc2c(Br)cc(C)cn2c1NC(=O)O. The molecular weight excluding hydrogens is 306 g/mol. The molecule has 0 saturated carbocycles.